The van der Waals surface area contributed by atoms with Gasteiger partial charge in [-0.3, -0.25) is 9.59 Å². The van der Waals surface area contributed by atoms with Crippen LogP contribution in [0.4, 0.5) is 10.5 Å². The average Bonchev–Trinajstić information content (AvgIpc) is 2.60. The number of anilines is 1. The summed E-state index contributed by atoms with van der Waals surface area (Å²) in [5, 5.41) is 7.27. The van der Waals surface area contributed by atoms with E-state index in [0.29, 0.717) is 5.69 Å². The normalized spacial score (nSPS) is 12.1. The first-order valence-corrected chi connectivity index (χ1v) is 9.10. The molecule has 0 fully saturated rings. The van der Waals surface area contributed by atoms with E-state index in [2.05, 4.69) is 10.6 Å². The van der Waals surface area contributed by atoms with E-state index in [1.165, 1.54) is 6.92 Å². The van der Waals surface area contributed by atoms with Crippen LogP contribution in [0.5, 0.6) is 0 Å². The van der Waals surface area contributed by atoms with Gasteiger partial charge in [0.2, 0.25) is 0 Å². The van der Waals surface area contributed by atoms with E-state index in [0.717, 1.165) is 10.8 Å². The number of ether oxygens (including phenoxy) is 2. The van der Waals surface area contributed by atoms with E-state index in [4.69, 9.17) is 9.47 Å². The topological polar surface area (TPSA) is 93.7 Å². The summed E-state index contributed by atoms with van der Waals surface area (Å²) in [6.45, 7) is 6.80. The van der Waals surface area contributed by atoms with E-state index in [1.54, 1.807) is 26.8 Å². The zero-order valence-corrected chi connectivity index (χ0v) is 16.6. The maximum atomic E-state index is 12.2. The molecular weight excluding hydrogens is 360 g/mol. The highest BCUT2D eigenvalue weighted by atomic mass is 16.6. The Labute approximate surface area is 164 Å². The van der Waals surface area contributed by atoms with Gasteiger partial charge >= 0.3 is 12.1 Å². The standard InChI is InChI=1S/C21H26N2O5/c1-14(27-18(24)11-12-22-20(26)28-21(2,3)4)19(25)23-17-10-9-15-7-5-6-8-16(15)13-17/h5-10,13-14H,11-12H2,1-4H3,(H,22,26)(H,23,25)/t14-/m0/s1. The van der Waals surface area contributed by atoms with Crippen molar-refractivity contribution in [2.75, 3.05) is 11.9 Å². The number of amides is 2. The summed E-state index contributed by atoms with van der Waals surface area (Å²) in [5.41, 5.74) is 0.0122. The monoisotopic (exact) mass is 386 g/mol. The third-order valence-corrected chi connectivity index (χ3v) is 3.69. The molecule has 2 rings (SSSR count). The van der Waals surface area contributed by atoms with Gasteiger partial charge in [-0.15, -0.1) is 0 Å². The lowest BCUT2D eigenvalue weighted by Gasteiger charge is -2.19. The van der Waals surface area contributed by atoms with Crippen molar-refractivity contribution in [3.63, 3.8) is 0 Å². The number of esters is 1. The zero-order valence-electron chi connectivity index (χ0n) is 16.6. The lowest BCUT2D eigenvalue weighted by Crippen LogP contribution is -2.35. The van der Waals surface area contributed by atoms with Crippen molar-refractivity contribution < 1.29 is 23.9 Å². The maximum absolute atomic E-state index is 12.2. The minimum atomic E-state index is -0.958. The second-order valence-electron chi connectivity index (χ2n) is 7.36. The van der Waals surface area contributed by atoms with Crippen molar-refractivity contribution in [2.45, 2.75) is 45.8 Å². The fraction of sp³-hybridized carbons (Fsp3) is 0.381. The van der Waals surface area contributed by atoms with Crippen LogP contribution < -0.4 is 10.6 Å². The molecule has 0 spiro atoms. The number of carbonyl (C=O) groups is 3. The summed E-state index contributed by atoms with van der Waals surface area (Å²) in [6, 6.07) is 13.3. The molecule has 7 nitrogen and oxygen atoms in total. The van der Waals surface area contributed by atoms with Crippen molar-refractivity contribution in [2.24, 2.45) is 0 Å². The van der Waals surface area contributed by atoms with Crippen LogP contribution in [0.15, 0.2) is 42.5 Å². The first-order chi connectivity index (χ1) is 13.1. The highest BCUT2D eigenvalue weighted by Gasteiger charge is 2.19. The van der Waals surface area contributed by atoms with Crippen LogP contribution in [0, 0.1) is 0 Å². The molecule has 2 aromatic rings. The zero-order chi connectivity index (χ0) is 20.7. The average molecular weight is 386 g/mol. The van der Waals surface area contributed by atoms with Crippen LogP contribution in [-0.2, 0) is 19.1 Å². The van der Waals surface area contributed by atoms with Gasteiger partial charge in [-0.25, -0.2) is 4.79 Å². The number of alkyl carbamates (subject to hydrolysis) is 1. The molecular formula is C21H26N2O5. The fourth-order valence-electron chi connectivity index (χ4n) is 2.40. The van der Waals surface area contributed by atoms with Crippen molar-refractivity contribution in [3.8, 4) is 0 Å². The molecule has 28 heavy (non-hydrogen) atoms. The Morgan fingerprint density at radius 1 is 1.04 bits per heavy atom. The highest BCUT2D eigenvalue weighted by Crippen LogP contribution is 2.19. The molecule has 2 N–H and O–H groups in total. The van der Waals surface area contributed by atoms with E-state index in [9.17, 15) is 14.4 Å². The summed E-state index contributed by atoms with van der Waals surface area (Å²) in [6.07, 6.45) is -1.63. The molecule has 0 heterocycles. The van der Waals surface area contributed by atoms with E-state index >= 15 is 0 Å². The Morgan fingerprint density at radius 3 is 2.39 bits per heavy atom. The summed E-state index contributed by atoms with van der Waals surface area (Å²) in [5.74, 6) is -1.01. The minimum absolute atomic E-state index is 0.0623. The second-order valence-corrected chi connectivity index (χ2v) is 7.36. The number of benzene rings is 2. The van der Waals surface area contributed by atoms with Crippen LogP contribution in [0.3, 0.4) is 0 Å². The number of nitrogens with one attached hydrogen (secondary N) is 2. The molecule has 0 aliphatic rings. The van der Waals surface area contributed by atoms with Crippen molar-refractivity contribution >= 4 is 34.4 Å². The summed E-state index contributed by atoms with van der Waals surface area (Å²) in [4.78, 5) is 35.6. The predicted octanol–water partition coefficient (Wildman–Crippen LogP) is 3.62. The van der Waals surface area contributed by atoms with Gasteiger partial charge in [0.1, 0.15) is 5.60 Å². The molecule has 0 aliphatic carbocycles. The van der Waals surface area contributed by atoms with Gasteiger partial charge in [-0.2, -0.15) is 0 Å². The fourth-order valence-corrected chi connectivity index (χ4v) is 2.40. The summed E-state index contributed by atoms with van der Waals surface area (Å²) >= 11 is 0. The Morgan fingerprint density at radius 2 is 1.71 bits per heavy atom. The van der Waals surface area contributed by atoms with Crippen molar-refractivity contribution in [1.82, 2.24) is 5.32 Å². The molecule has 0 aliphatic heterocycles. The number of fused-ring (bicyclic) bond motifs is 1. The van der Waals surface area contributed by atoms with E-state index < -0.39 is 29.7 Å². The molecule has 7 heteroatoms. The van der Waals surface area contributed by atoms with Gasteiger partial charge in [0.25, 0.3) is 5.91 Å². The Hall–Kier alpha value is -3.09. The van der Waals surface area contributed by atoms with Gasteiger partial charge in [0.05, 0.1) is 6.42 Å². The first-order valence-electron chi connectivity index (χ1n) is 9.10. The summed E-state index contributed by atoms with van der Waals surface area (Å²) in [7, 11) is 0. The SMILES string of the molecule is C[C@H](OC(=O)CCNC(=O)OC(C)(C)C)C(=O)Nc1ccc2ccccc2c1. The molecule has 0 saturated carbocycles. The third kappa shape index (κ3) is 6.90. The van der Waals surface area contributed by atoms with Gasteiger partial charge in [0, 0.05) is 12.2 Å². The quantitative estimate of drug-likeness (QED) is 0.740. The molecule has 150 valence electrons. The van der Waals surface area contributed by atoms with Crippen LogP contribution in [0.1, 0.15) is 34.1 Å². The molecule has 0 aromatic heterocycles. The van der Waals surface area contributed by atoms with Crippen molar-refractivity contribution in [3.05, 3.63) is 42.5 Å². The lowest BCUT2D eigenvalue weighted by molar-refractivity contribution is -0.153. The number of rotatable bonds is 6. The van der Waals surface area contributed by atoms with Crippen LogP contribution in [-0.4, -0.2) is 36.2 Å². The van der Waals surface area contributed by atoms with Crippen LogP contribution in [0.2, 0.25) is 0 Å². The molecule has 2 amide bonds. The largest absolute Gasteiger partial charge is 0.452 e. The first kappa shape index (κ1) is 21.2. The van der Waals surface area contributed by atoms with E-state index in [1.807, 2.05) is 36.4 Å². The van der Waals surface area contributed by atoms with Crippen LogP contribution >= 0.6 is 0 Å². The number of carbonyl (C=O) groups excluding carboxylic acids is 3. The second kappa shape index (κ2) is 9.21. The smallest absolute Gasteiger partial charge is 0.407 e. The predicted molar refractivity (Wildman–Crippen MR) is 107 cm³/mol. The van der Waals surface area contributed by atoms with Gasteiger partial charge < -0.3 is 20.1 Å². The van der Waals surface area contributed by atoms with Gasteiger partial charge in [-0.1, -0.05) is 30.3 Å². The van der Waals surface area contributed by atoms with Crippen LogP contribution in [0.25, 0.3) is 10.8 Å². The number of hydrogen-bond acceptors (Lipinski definition) is 5. The molecule has 0 saturated heterocycles. The molecule has 1 atom stereocenters. The highest BCUT2D eigenvalue weighted by molar-refractivity contribution is 5.97. The third-order valence-electron chi connectivity index (χ3n) is 3.69. The molecule has 0 bridgehead atoms. The Kier molecular flexibility index (Phi) is 6.98. The Balaban J connectivity index is 1.77. The Bertz CT molecular complexity index is 857. The lowest BCUT2D eigenvalue weighted by atomic mass is 10.1. The van der Waals surface area contributed by atoms with Crippen molar-refractivity contribution in [1.29, 1.82) is 0 Å². The molecule has 2 aromatic carbocycles. The van der Waals surface area contributed by atoms with E-state index in [-0.39, 0.29) is 13.0 Å². The maximum Gasteiger partial charge on any atom is 0.407 e. The van der Waals surface area contributed by atoms with Gasteiger partial charge in [0.15, 0.2) is 6.10 Å². The molecule has 0 unspecified atom stereocenters. The molecule has 0 radical (unpaired) electrons. The number of hydrogen-bond donors (Lipinski definition) is 2. The summed E-state index contributed by atoms with van der Waals surface area (Å²) < 4.78 is 10.2. The minimum Gasteiger partial charge on any atom is -0.452 e. The van der Waals surface area contributed by atoms with Gasteiger partial charge in [-0.05, 0) is 50.6 Å².